The number of aromatic nitrogens is 1. The van der Waals surface area contributed by atoms with E-state index in [4.69, 9.17) is 21.3 Å². The molecule has 2 aromatic carbocycles. The highest BCUT2D eigenvalue weighted by Gasteiger charge is 2.69. The van der Waals surface area contributed by atoms with Gasteiger partial charge in [-0.15, -0.1) is 11.3 Å². The third kappa shape index (κ3) is 3.21. The normalized spacial score (nSPS) is 30.0. The number of hydrogen-bond donors (Lipinski definition) is 1. The molecule has 4 aliphatic rings. The van der Waals surface area contributed by atoms with Gasteiger partial charge in [-0.2, -0.15) is 0 Å². The highest BCUT2D eigenvalue weighted by Crippen LogP contribution is 2.75. The molecule has 3 aliphatic carbocycles. The molecule has 0 spiro atoms. The van der Waals surface area contributed by atoms with Gasteiger partial charge in [0.2, 0.25) is 0 Å². The number of Topliss-reactive ketones (excluding diaryl/α,β-unsaturated/α-hetero) is 1. The molecule has 6 heteroatoms. The predicted molar refractivity (Wildman–Crippen MR) is 125 cm³/mol. The van der Waals surface area contributed by atoms with Crippen molar-refractivity contribution in [3.05, 3.63) is 69.7 Å². The van der Waals surface area contributed by atoms with Crippen molar-refractivity contribution in [1.29, 1.82) is 0 Å². The van der Waals surface area contributed by atoms with E-state index in [1.165, 1.54) is 11.3 Å². The van der Waals surface area contributed by atoms with E-state index in [1.807, 2.05) is 0 Å². The second-order valence-corrected chi connectivity index (χ2v) is 11.2. The van der Waals surface area contributed by atoms with Gasteiger partial charge in [-0.05, 0) is 49.8 Å². The van der Waals surface area contributed by atoms with Crippen LogP contribution in [-0.4, -0.2) is 22.0 Å². The summed E-state index contributed by atoms with van der Waals surface area (Å²) in [7, 11) is 0. The number of carbonyl (C=O) groups excluding carboxylic acids is 1. The molecule has 0 amide bonds. The molecule has 164 valence electrons. The van der Waals surface area contributed by atoms with Gasteiger partial charge in [0, 0.05) is 39.8 Å². The Morgan fingerprint density at radius 1 is 1.22 bits per heavy atom. The zero-order valence-corrected chi connectivity index (χ0v) is 19.4. The van der Waals surface area contributed by atoms with Gasteiger partial charge >= 0.3 is 0 Å². The largest absolute Gasteiger partial charge is 0.482 e. The molecule has 2 heterocycles. The maximum Gasteiger partial charge on any atom is 0.173 e. The van der Waals surface area contributed by atoms with Crippen LogP contribution in [0.3, 0.4) is 0 Å². The van der Waals surface area contributed by atoms with Crippen molar-refractivity contribution < 1.29 is 14.6 Å². The molecule has 32 heavy (non-hydrogen) atoms. The predicted octanol–water partition coefficient (Wildman–Crippen LogP) is 6.04. The quantitative estimate of drug-likeness (QED) is 0.499. The molecular formula is C26H24ClNO3S. The Morgan fingerprint density at radius 2 is 1.97 bits per heavy atom. The highest BCUT2D eigenvalue weighted by atomic mass is 35.5. The number of benzene rings is 2. The van der Waals surface area contributed by atoms with E-state index >= 15 is 0 Å². The fourth-order valence-electron chi connectivity index (χ4n) is 5.90. The molecule has 3 fully saturated rings. The molecule has 2 atom stereocenters. The number of aliphatic hydroxyl groups is 1. The van der Waals surface area contributed by atoms with Gasteiger partial charge in [0.25, 0.3) is 0 Å². The van der Waals surface area contributed by atoms with E-state index in [2.05, 4.69) is 36.6 Å². The molecule has 0 unspecified atom stereocenters. The zero-order chi connectivity index (χ0) is 22.1. The molecule has 1 aliphatic heterocycles. The van der Waals surface area contributed by atoms with Crippen LogP contribution in [0.4, 0.5) is 0 Å². The molecule has 7 rings (SSSR count). The summed E-state index contributed by atoms with van der Waals surface area (Å²) in [6.45, 7) is 2.09. The maximum absolute atomic E-state index is 13.0. The molecule has 4 nitrogen and oxygen atoms in total. The number of aliphatic hydroxyl groups excluding tert-OH is 1. The van der Waals surface area contributed by atoms with Crippen LogP contribution in [0.25, 0.3) is 10.6 Å². The van der Waals surface area contributed by atoms with Crippen molar-refractivity contribution in [2.45, 2.75) is 56.7 Å². The van der Waals surface area contributed by atoms with Crippen molar-refractivity contribution in [2.24, 2.45) is 5.41 Å². The number of ketones is 1. The number of ether oxygens (including phenoxy) is 1. The summed E-state index contributed by atoms with van der Waals surface area (Å²) in [6, 6.07) is 13.7. The van der Waals surface area contributed by atoms with E-state index < -0.39 is 12.2 Å². The van der Waals surface area contributed by atoms with Gasteiger partial charge in [0.15, 0.2) is 11.9 Å². The van der Waals surface area contributed by atoms with Crippen LogP contribution < -0.4 is 4.74 Å². The van der Waals surface area contributed by atoms with Crippen molar-refractivity contribution in [3.8, 4) is 16.3 Å². The van der Waals surface area contributed by atoms with Crippen LogP contribution in [-0.2, 0) is 10.2 Å². The number of hydrogen-bond acceptors (Lipinski definition) is 5. The summed E-state index contributed by atoms with van der Waals surface area (Å²) < 4.78 is 5.94. The number of thiazole rings is 1. The summed E-state index contributed by atoms with van der Waals surface area (Å²) in [4.78, 5) is 18.0. The number of aryl methyl sites for hydroxylation is 1. The molecule has 0 saturated heterocycles. The molecular weight excluding hydrogens is 442 g/mol. The van der Waals surface area contributed by atoms with Crippen molar-refractivity contribution in [2.75, 3.05) is 0 Å². The SMILES string of the molecule is Cc1ccc(-c2nc(C34CC(CC(=O)[C@H]5C[C@@H](O)c6cc(Cl)ccc6O5)(C3)C4)cs2)cc1. The fraction of sp³-hybridized carbons (Fsp3) is 0.385. The van der Waals surface area contributed by atoms with Crippen LogP contribution >= 0.6 is 22.9 Å². The molecule has 0 radical (unpaired) electrons. The summed E-state index contributed by atoms with van der Waals surface area (Å²) in [5.41, 5.74) is 4.49. The van der Waals surface area contributed by atoms with E-state index in [0.717, 1.165) is 29.8 Å². The second-order valence-electron chi connectivity index (χ2n) is 9.90. The molecule has 3 aromatic rings. The summed E-state index contributed by atoms with van der Waals surface area (Å²) in [5, 5.41) is 14.3. The monoisotopic (exact) mass is 465 g/mol. The number of rotatable bonds is 5. The van der Waals surface area contributed by atoms with Crippen molar-refractivity contribution in [3.63, 3.8) is 0 Å². The van der Waals surface area contributed by atoms with E-state index in [-0.39, 0.29) is 16.6 Å². The number of fused-ring (bicyclic) bond motifs is 1. The van der Waals surface area contributed by atoms with Gasteiger partial charge < -0.3 is 9.84 Å². The van der Waals surface area contributed by atoms with Gasteiger partial charge in [0.05, 0.1) is 11.8 Å². The van der Waals surface area contributed by atoms with Gasteiger partial charge in [-0.25, -0.2) is 4.98 Å². The van der Waals surface area contributed by atoms with Gasteiger partial charge in [-0.3, -0.25) is 4.79 Å². The Balaban J connectivity index is 1.10. The first-order valence-electron chi connectivity index (χ1n) is 11.0. The lowest BCUT2D eigenvalue weighted by molar-refractivity contribution is -0.164. The maximum atomic E-state index is 13.0. The topological polar surface area (TPSA) is 59.4 Å². The first-order valence-corrected chi connectivity index (χ1v) is 12.3. The highest BCUT2D eigenvalue weighted by molar-refractivity contribution is 7.13. The lowest BCUT2D eigenvalue weighted by Gasteiger charge is -2.70. The van der Waals surface area contributed by atoms with Crippen molar-refractivity contribution >= 4 is 28.7 Å². The van der Waals surface area contributed by atoms with Crippen LogP contribution in [0, 0.1) is 12.3 Å². The Labute approximate surface area is 196 Å². The van der Waals surface area contributed by atoms with Crippen LogP contribution in [0.1, 0.15) is 55.0 Å². The Bertz CT molecular complexity index is 1200. The molecule has 2 bridgehead atoms. The third-order valence-corrected chi connectivity index (χ3v) is 8.56. The van der Waals surface area contributed by atoms with Crippen LogP contribution in [0.2, 0.25) is 5.02 Å². The first-order chi connectivity index (χ1) is 15.3. The van der Waals surface area contributed by atoms with Gasteiger partial charge in [-0.1, -0.05) is 41.4 Å². The molecule has 1 aromatic heterocycles. The van der Waals surface area contributed by atoms with Crippen LogP contribution in [0.15, 0.2) is 47.8 Å². The third-order valence-electron chi connectivity index (χ3n) is 7.43. The zero-order valence-electron chi connectivity index (χ0n) is 17.8. The first kappa shape index (κ1) is 20.4. The Hall–Kier alpha value is -2.21. The lowest BCUT2D eigenvalue weighted by Crippen LogP contribution is -2.65. The van der Waals surface area contributed by atoms with Crippen LogP contribution in [0.5, 0.6) is 5.75 Å². The number of nitrogens with zero attached hydrogens (tertiary/aromatic N) is 1. The van der Waals surface area contributed by atoms with E-state index in [0.29, 0.717) is 29.2 Å². The molecule has 3 saturated carbocycles. The van der Waals surface area contributed by atoms with E-state index in [9.17, 15) is 9.90 Å². The minimum atomic E-state index is -0.721. The Kier molecular flexibility index (Phi) is 4.55. The van der Waals surface area contributed by atoms with Crippen molar-refractivity contribution in [1.82, 2.24) is 4.98 Å². The fourth-order valence-corrected chi connectivity index (χ4v) is 7.03. The summed E-state index contributed by atoms with van der Waals surface area (Å²) in [5.74, 6) is 0.656. The minimum Gasteiger partial charge on any atom is -0.482 e. The summed E-state index contributed by atoms with van der Waals surface area (Å²) in [6.07, 6.45) is 2.56. The van der Waals surface area contributed by atoms with E-state index in [1.54, 1.807) is 29.5 Å². The average molecular weight is 466 g/mol. The summed E-state index contributed by atoms with van der Waals surface area (Å²) >= 11 is 7.73. The lowest BCUT2D eigenvalue weighted by atomic mass is 9.33. The number of carbonyl (C=O) groups is 1. The second kappa shape index (κ2) is 7.14. The minimum absolute atomic E-state index is 0.0826. The smallest absolute Gasteiger partial charge is 0.173 e. The average Bonchev–Trinajstić information content (AvgIpc) is 3.20. The molecule has 1 N–H and O–H groups in total. The standard InChI is InChI=1S/C26H24ClNO3S/c1-15-2-4-16(5-3-15)24-28-23(11-32-24)26-12-25(13-26,14-26)10-20(30)22-9-19(29)18-8-17(27)6-7-21(18)31-22/h2-8,11,19,22,29H,9-10,12-14H2,1H3/t19-,22-,25?,26?/m1/s1. The van der Waals surface area contributed by atoms with Gasteiger partial charge in [0.1, 0.15) is 10.8 Å². The Morgan fingerprint density at radius 3 is 2.72 bits per heavy atom. The number of halogens is 1.